The largest absolute Gasteiger partial charge is 0.381 e. The first kappa shape index (κ1) is 10.7. The van der Waals surface area contributed by atoms with E-state index in [4.69, 9.17) is 4.74 Å². The van der Waals surface area contributed by atoms with E-state index in [1.807, 2.05) is 0 Å². The third-order valence-electron chi connectivity index (χ3n) is 2.87. The molecule has 0 aromatic heterocycles. The Morgan fingerprint density at radius 1 is 1.40 bits per heavy atom. The molecule has 1 aliphatic heterocycles. The molecule has 0 bridgehead atoms. The Morgan fingerprint density at radius 2 is 2.27 bits per heavy atom. The molecule has 0 spiro atoms. The maximum Gasteiger partial charge on any atom is 0.0547 e. The molecule has 82 valence electrons. The fourth-order valence-electron chi connectivity index (χ4n) is 2.10. The van der Waals surface area contributed by atoms with Crippen molar-refractivity contribution < 1.29 is 4.74 Å². The van der Waals surface area contributed by atoms with Crippen LogP contribution in [0.2, 0.25) is 0 Å². The maximum atomic E-state index is 5.64. The molecule has 1 unspecified atom stereocenters. The van der Waals surface area contributed by atoms with Crippen LogP contribution in [0.5, 0.6) is 0 Å². The minimum Gasteiger partial charge on any atom is -0.381 e. The molecule has 0 saturated heterocycles. The van der Waals surface area contributed by atoms with Gasteiger partial charge in [0, 0.05) is 25.6 Å². The molecule has 1 aromatic carbocycles. The molecule has 1 aliphatic rings. The number of ether oxygens (including phenoxy) is 1. The third kappa shape index (κ3) is 2.58. The zero-order valence-corrected chi connectivity index (χ0v) is 9.33. The molecule has 1 aromatic rings. The normalized spacial score (nSPS) is 19.9. The minimum absolute atomic E-state index is 0.529. The molecule has 2 rings (SSSR count). The van der Waals surface area contributed by atoms with Crippen molar-refractivity contribution in [1.82, 2.24) is 5.32 Å². The van der Waals surface area contributed by atoms with E-state index in [2.05, 4.69) is 36.5 Å². The van der Waals surface area contributed by atoms with E-state index in [0.717, 1.165) is 32.7 Å². The molecule has 0 amide bonds. The molecule has 1 heterocycles. The topological polar surface area (TPSA) is 21.3 Å². The van der Waals surface area contributed by atoms with Crippen molar-refractivity contribution in [3.05, 3.63) is 35.4 Å². The SMILES string of the molecule is CCCOCC1CNCc2ccccc21. The minimum atomic E-state index is 0.529. The molecule has 0 radical (unpaired) electrons. The summed E-state index contributed by atoms with van der Waals surface area (Å²) in [6.07, 6.45) is 1.10. The van der Waals surface area contributed by atoms with Crippen LogP contribution in [0.15, 0.2) is 24.3 Å². The highest BCUT2D eigenvalue weighted by Crippen LogP contribution is 2.23. The second kappa shape index (κ2) is 5.29. The zero-order valence-electron chi connectivity index (χ0n) is 9.33. The van der Waals surface area contributed by atoms with Crippen LogP contribution >= 0.6 is 0 Å². The van der Waals surface area contributed by atoms with E-state index < -0.39 is 0 Å². The summed E-state index contributed by atoms with van der Waals surface area (Å²) in [5.74, 6) is 0.529. The van der Waals surface area contributed by atoms with Gasteiger partial charge in [-0.1, -0.05) is 31.2 Å². The van der Waals surface area contributed by atoms with E-state index in [-0.39, 0.29) is 0 Å². The number of fused-ring (bicyclic) bond motifs is 1. The van der Waals surface area contributed by atoms with Gasteiger partial charge >= 0.3 is 0 Å². The van der Waals surface area contributed by atoms with Crippen LogP contribution in [0.1, 0.15) is 30.4 Å². The van der Waals surface area contributed by atoms with Gasteiger partial charge in [0.05, 0.1) is 6.61 Å². The predicted molar refractivity (Wildman–Crippen MR) is 62.0 cm³/mol. The maximum absolute atomic E-state index is 5.64. The summed E-state index contributed by atoms with van der Waals surface area (Å²) in [7, 11) is 0. The summed E-state index contributed by atoms with van der Waals surface area (Å²) in [5.41, 5.74) is 2.89. The monoisotopic (exact) mass is 205 g/mol. The van der Waals surface area contributed by atoms with Gasteiger partial charge in [0.2, 0.25) is 0 Å². The van der Waals surface area contributed by atoms with E-state index in [1.54, 1.807) is 0 Å². The summed E-state index contributed by atoms with van der Waals surface area (Å²) in [6.45, 7) is 5.91. The average molecular weight is 205 g/mol. The lowest BCUT2D eigenvalue weighted by Crippen LogP contribution is -2.30. The lowest BCUT2D eigenvalue weighted by molar-refractivity contribution is 0.118. The van der Waals surface area contributed by atoms with Crippen LogP contribution in [0.4, 0.5) is 0 Å². The van der Waals surface area contributed by atoms with Crippen LogP contribution in [-0.2, 0) is 11.3 Å². The molecular formula is C13H19NO. The fraction of sp³-hybridized carbons (Fsp3) is 0.538. The van der Waals surface area contributed by atoms with Gasteiger partial charge in [-0.3, -0.25) is 0 Å². The van der Waals surface area contributed by atoms with E-state index in [1.165, 1.54) is 11.1 Å². The summed E-state index contributed by atoms with van der Waals surface area (Å²) < 4.78 is 5.64. The first-order valence-corrected chi connectivity index (χ1v) is 5.78. The molecule has 0 fully saturated rings. The molecule has 2 heteroatoms. The lowest BCUT2D eigenvalue weighted by atomic mass is 9.91. The van der Waals surface area contributed by atoms with Crippen molar-refractivity contribution in [2.24, 2.45) is 0 Å². The van der Waals surface area contributed by atoms with Gasteiger partial charge in [0.15, 0.2) is 0 Å². The standard InChI is InChI=1S/C13H19NO/c1-2-7-15-10-12-9-14-8-11-5-3-4-6-13(11)12/h3-6,12,14H,2,7-10H2,1H3. The van der Waals surface area contributed by atoms with Crippen LogP contribution < -0.4 is 5.32 Å². The highest BCUT2D eigenvalue weighted by atomic mass is 16.5. The van der Waals surface area contributed by atoms with Crippen LogP contribution in [0, 0.1) is 0 Å². The smallest absolute Gasteiger partial charge is 0.0547 e. The van der Waals surface area contributed by atoms with Crippen molar-refractivity contribution in [2.45, 2.75) is 25.8 Å². The third-order valence-corrected chi connectivity index (χ3v) is 2.87. The van der Waals surface area contributed by atoms with E-state index in [0.29, 0.717) is 5.92 Å². The number of nitrogens with one attached hydrogen (secondary N) is 1. The first-order chi connectivity index (χ1) is 7.42. The molecule has 2 nitrogen and oxygen atoms in total. The average Bonchev–Trinajstić information content (AvgIpc) is 2.30. The summed E-state index contributed by atoms with van der Waals surface area (Å²) in [6, 6.07) is 8.66. The Kier molecular flexibility index (Phi) is 3.75. The lowest BCUT2D eigenvalue weighted by Gasteiger charge is -2.26. The van der Waals surface area contributed by atoms with Crippen LogP contribution in [0.25, 0.3) is 0 Å². The van der Waals surface area contributed by atoms with Gasteiger partial charge in [-0.2, -0.15) is 0 Å². The van der Waals surface area contributed by atoms with Gasteiger partial charge in [-0.25, -0.2) is 0 Å². The Balaban J connectivity index is 2.02. The van der Waals surface area contributed by atoms with Crippen molar-refractivity contribution in [2.75, 3.05) is 19.8 Å². The Bertz CT molecular complexity index is 311. The molecule has 0 aliphatic carbocycles. The van der Waals surface area contributed by atoms with Gasteiger partial charge in [0.1, 0.15) is 0 Å². The molecule has 1 atom stereocenters. The molecule has 0 saturated carbocycles. The first-order valence-electron chi connectivity index (χ1n) is 5.78. The summed E-state index contributed by atoms with van der Waals surface area (Å²) >= 11 is 0. The molecule has 15 heavy (non-hydrogen) atoms. The van der Waals surface area contributed by atoms with Gasteiger partial charge in [-0.15, -0.1) is 0 Å². The highest BCUT2D eigenvalue weighted by molar-refractivity contribution is 5.32. The number of hydrogen-bond acceptors (Lipinski definition) is 2. The second-order valence-electron chi connectivity index (χ2n) is 4.10. The number of benzene rings is 1. The number of hydrogen-bond donors (Lipinski definition) is 1. The van der Waals surface area contributed by atoms with Crippen LogP contribution in [0.3, 0.4) is 0 Å². The quantitative estimate of drug-likeness (QED) is 0.762. The van der Waals surface area contributed by atoms with Crippen molar-refractivity contribution in [3.63, 3.8) is 0 Å². The highest BCUT2D eigenvalue weighted by Gasteiger charge is 2.18. The van der Waals surface area contributed by atoms with Gasteiger partial charge in [-0.05, 0) is 17.5 Å². The van der Waals surface area contributed by atoms with Crippen molar-refractivity contribution >= 4 is 0 Å². The Hall–Kier alpha value is -0.860. The summed E-state index contributed by atoms with van der Waals surface area (Å²) in [5, 5.41) is 3.44. The predicted octanol–water partition coefficient (Wildman–Crippen LogP) is 2.30. The van der Waals surface area contributed by atoms with Gasteiger partial charge in [0.25, 0.3) is 0 Å². The Morgan fingerprint density at radius 3 is 3.13 bits per heavy atom. The van der Waals surface area contributed by atoms with E-state index >= 15 is 0 Å². The zero-order chi connectivity index (χ0) is 10.5. The summed E-state index contributed by atoms with van der Waals surface area (Å²) in [4.78, 5) is 0. The van der Waals surface area contributed by atoms with Crippen LogP contribution in [-0.4, -0.2) is 19.8 Å². The van der Waals surface area contributed by atoms with E-state index in [9.17, 15) is 0 Å². The molecular weight excluding hydrogens is 186 g/mol. The van der Waals surface area contributed by atoms with Crippen molar-refractivity contribution in [3.8, 4) is 0 Å². The number of rotatable bonds is 4. The molecule has 1 N–H and O–H groups in total. The Labute approximate surface area is 91.6 Å². The van der Waals surface area contributed by atoms with Gasteiger partial charge < -0.3 is 10.1 Å². The second-order valence-corrected chi connectivity index (χ2v) is 4.10. The fourth-order valence-corrected chi connectivity index (χ4v) is 2.10. The van der Waals surface area contributed by atoms with Crippen molar-refractivity contribution in [1.29, 1.82) is 0 Å².